The van der Waals surface area contributed by atoms with E-state index in [9.17, 15) is 17.6 Å². The lowest BCUT2D eigenvalue weighted by molar-refractivity contribution is 0.434. The van der Waals surface area contributed by atoms with Gasteiger partial charge in [0, 0.05) is 0 Å². The molecule has 0 atom stereocenters. The second kappa shape index (κ2) is 4.63. The van der Waals surface area contributed by atoms with Gasteiger partial charge in [-0.3, -0.25) is 0 Å². The molecule has 8 heteroatoms. The van der Waals surface area contributed by atoms with Gasteiger partial charge in [-0.2, -0.15) is 10.5 Å². The first-order valence-corrected chi connectivity index (χ1v) is 4.28. The fraction of sp³-hybridized carbons (Fsp3) is 0. The molecular weight excluding hydrogens is 252 g/mol. The van der Waals surface area contributed by atoms with Crippen LogP contribution in [0.4, 0.5) is 17.6 Å². The van der Waals surface area contributed by atoms with Gasteiger partial charge in [-0.15, -0.1) is 0 Å². The summed E-state index contributed by atoms with van der Waals surface area (Å²) >= 11 is 0. The minimum Gasteiger partial charge on any atom is -0.390 e. The average molecular weight is 256 g/mol. The molecule has 0 saturated heterocycles. The molecule has 0 bridgehead atoms. The first-order chi connectivity index (χ1) is 8.36. The van der Waals surface area contributed by atoms with Gasteiger partial charge in [-0.25, -0.2) is 17.6 Å². The molecule has 0 aromatic heterocycles. The third-order valence-corrected chi connectivity index (χ3v) is 2.04. The summed E-state index contributed by atoms with van der Waals surface area (Å²) in [6.07, 6.45) is 0. The molecule has 4 N–H and O–H groups in total. The second-order valence-electron chi connectivity index (χ2n) is 3.06. The van der Waals surface area contributed by atoms with Crippen molar-refractivity contribution in [1.29, 1.82) is 10.5 Å². The van der Waals surface area contributed by atoms with Gasteiger partial charge in [-0.05, 0) is 0 Å². The highest BCUT2D eigenvalue weighted by Gasteiger charge is 2.21. The molecule has 0 saturated carbocycles. The van der Waals surface area contributed by atoms with E-state index in [0.717, 1.165) is 12.1 Å². The fourth-order valence-corrected chi connectivity index (χ4v) is 1.22. The van der Waals surface area contributed by atoms with Crippen molar-refractivity contribution in [2.45, 2.75) is 0 Å². The van der Waals surface area contributed by atoms with Crippen molar-refractivity contribution in [2.24, 2.45) is 11.5 Å². The zero-order valence-electron chi connectivity index (χ0n) is 8.56. The topological polar surface area (TPSA) is 99.6 Å². The molecule has 0 amide bonds. The molecule has 0 aliphatic rings. The molecule has 1 aromatic rings. The predicted molar refractivity (Wildman–Crippen MR) is 51.9 cm³/mol. The molecule has 0 heterocycles. The van der Waals surface area contributed by atoms with E-state index in [1.807, 2.05) is 0 Å². The first-order valence-electron chi connectivity index (χ1n) is 4.28. The SMILES string of the molecule is N#CC(N)=c1c(F)c(F)c(=C(N)C#N)c(F)c1F. The van der Waals surface area contributed by atoms with E-state index in [4.69, 9.17) is 22.0 Å². The maximum absolute atomic E-state index is 13.4. The molecular formula is C10H4F4N4. The third kappa shape index (κ3) is 1.80. The lowest BCUT2D eigenvalue weighted by Gasteiger charge is -2.02. The number of nitrogens with zero attached hydrogens (tertiary/aromatic N) is 2. The summed E-state index contributed by atoms with van der Waals surface area (Å²) in [5.74, 6) is -7.55. The van der Waals surface area contributed by atoms with Crippen LogP contribution in [0.1, 0.15) is 0 Å². The fourth-order valence-electron chi connectivity index (χ4n) is 1.22. The van der Waals surface area contributed by atoms with E-state index in [1.54, 1.807) is 0 Å². The summed E-state index contributed by atoms with van der Waals surface area (Å²) < 4.78 is 53.7. The summed E-state index contributed by atoms with van der Waals surface area (Å²) in [7, 11) is 0. The minimum atomic E-state index is -1.89. The van der Waals surface area contributed by atoms with Crippen molar-refractivity contribution < 1.29 is 17.6 Å². The predicted octanol–water partition coefficient (Wildman–Crippen LogP) is -0.576. The Kier molecular flexibility index (Phi) is 3.43. The molecule has 0 unspecified atom stereocenters. The summed E-state index contributed by atoms with van der Waals surface area (Å²) in [6.45, 7) is 0. The van der Waals surface area contributed by atoms with E-state index in [-0.39, 0.29) is 0 Å². The van der Waals surface area contributed by atoms with Crippen LogP contribution in [-0.4, -0.2) is 0 Å². The lowest BCUT2D eigenvalue weighted by atomic mass is 10.1. The van der Waals surface area contributed by atoms with Crippen molar-refractivity contribution in [1.82, 2.24) is 0 Å². The molecule has 18 heavy (non-hydrogen) atoms. The maximum atomic E-state index is 13.4. The minimum absolute atomic E-state index is 1.04. The Morgan fingerprint density at radius 2 is 0.944 bits per heavy atom. The van der Waals surface area contributed by atoms with Gasteiger partial charge in [0.1, 0.15) is 23.5 Å². The molecule has 1 rings (SSSR count). The van der Waals surface area contributed by atoms with Crippen molar-refractivity contribution in [3.8, 4) is 12.1 Å². The quantitative estimate of drug-likeness (QED) is 0.479. The molecule has 0 fully saturated rings. The zero-order valence-corrected chi connectivity index (χ0v) is 8.56. The van der Waals surface area contributed by atoms with Gasteiger partial charge in [0.25, 0.3) is 0 Å². The number of benzene rings is 1. The maximum Gasteiger partial charge on any atom is 0.172 e. The number of nitriles is 2. The monoisotopic (exact) mass is 256 g/mol. The molecule has 4 nitrogen and oxygen atoms in total. The Hall–Kier alpha value is -2.74. The number of nitrogens with two attached hydrogens (primary N) is 2. The van der Waals surface area contributed by atoms with Gasteiger partial charge in [-0.1, -0.05) is 0 Å². The van der Waals surface area contributed by atoms with Crippen LogP contribution in [0.15, 0.2) is 0 Å². The van der Waals surface area contributed by atoms with E-state index in [2.05, 4.69) is 0 Å². The largest absolute Gasteiger partial charge is 0.390 e. The van der Waals surface area contributed by atoms with Crippen LogP contribution in [-0.2, 0) is 0 Å². The van der Waals surface area contributed by atoms with Gasteiger partial charge >= 0.3 is 0 Å². The Bertz CT molecular complexity index is 626. The summed E-state index contributed by atoms with van der Waals surface area (Å²) in [5.41, 5.74) is 7.79. The van der Waals surface area contributed by atoms with E-state index >= 15 is 0 Å². The molecule has 1 aromatic carbocycles. The molecule has 92 valence electrons. The Labute approximate surface area is 97.6 Å². The highest BCUT2D eigenvalue weighted by atomic mass is 19.2. The second-order valence-corrected chi connectivity index (χ2v) is 3.06. The van der Waals surface area contributed by atoms with Crippen molar-refractivity contribution in [3.63, 3.8) is 0 Å². The van der Waals surface area contributed by atoms with Gasteiger partial charge < -0.3 is 11.5 Å². The molecule has 0 radical (unpaired) electrons. The zero-order chi connectivity index (χ0) is 14.0. The van der Waals surface area contributed by atoms with Crippen LogP contribution >= 0.6 is 0 Å². The standard InChI is InChI=1S/C10H4F4N4/c11-7-5(3(17)1-15)8(12)10(14)6(9(7)13)4(18)2-16/h17-18H2. The van der Waals surface area contributed by atoms with Gasteiger partial charge in [0.2, 0.25) is 0 Å². The van der Waals surface area contributed by atoms with Crippen LogP contribution < -0.4 is 21.9 Å². The third-order valence-electron chi connectivity index (χ3n) is 2.04. The highest BCUT2D eigenvalue weighted by molar-refractivity contribution is 5.59. The number of hydrogen-bond acceptors (Lipinski definition) is 4. The number of halogens is 4. The highest BCUT2D eigenvalue weighted by Crippen LogP contribution is 2.03. The normalized spacial score (nSPS) is 9.44. The Morgan fingerprint density at radius 3 is 1.11 bits per heavy atom. The number of rotatable bonds is 0. The number of hydrogen-bond donors (Lipinski definition) is 2. The van der Waals surface area contributed by atoms with Gasteiger partial charge in [0.05, 0.1) is 10.4 Å². The van der Waals surface area contributed by atoms with E-state index < -0.39 is 45.1 Å². The first kappa shape index (κ1) is 13.3. The van der Waals surface area contributed by atoms with Crippen LogP contribution in [0.5, 0.6) is 0 Å². The van der Waals surface area contributed by atoms with Gasteiger partial charge in [0.15, 0.2) is 23.3 Å². The lowest BCUT2D eigenvalue weighted by Crippen LogP contribution is -2.33. The smallest absolute Gasteiger partial charge is 0.172 e. The van der Waals surface area contributed by atoms with Crippen LogP contribution in [0.25, 0.3) is 11.4 Å². The summed E-state index contributed by atoms with van der Waals surface area (Å²) in [5, 5.41) is 14.1. The Balaban J connectivity index is 4.21. The van der Waals surface area contributed by atoms with Crippen molar-refractivity contribution in [3.05, 3.63) is 33.7 Å². The van der Waals surface area contributed by atoms with Crippen LogP contribution in [0.3, 0.4) is 0 Å². The molecule has 0 aliphatic carbocycles. The summed E-state index contributed by atoms with van der Waals surface area (Å²) in [4.78, 5) is 0. The van der Waals surface area contributed by atoms with E-state index in [1.165, 1.54) is 0 Å². The van der Waals surface area contributed by atoms with Crippen molar-refractivity contribution in [2.75, 3.05) is 0 Å². The Morgan fingerprint density at radius 1 is 0.722 bits per heavy atom. The summed E-state index contributed by atoms with van der Waals surface area (Å²) in [6, 6.07) is 2.32. The molecule has 0 aliphatic heterocycles. The average Bonchev–Trinajstić information content (AvgIpc) is 2.36. The van der Waals surface area contributed by atoms with E-state index in [0.29, 0.717) is 0 Å². The van der Waals surface area contributed by atoms with Crippen molar-refractivity contribution >= 4 is 11.4 Å². The van der Waals surface area contributed by atoms with Crippen LogP contribution in [0.2, 0.25) is 0 Å². The molecule has 0 spiro atoms. The van der Waals surface area contributed by atoms with Crippen LogP contribution in [0, 0.1) is 45.9 Å².